The molecule has 2 N–H and O–H groups in total. The summed E-state index contributed by atoms with van der Waals surface area (Å²) in [7, 11) is 1.71. The zero-order valence-electron chi connectivity index (χ0n) is 14.0. The van der Waals surface area contributed by atoms with Crippen molar-refractivity contribution in [2.24, 2.45) is 4.99 Å². The van der Waals surface area contributed by atoms with E-state index in [0.717, 1.165) is 36.0 Å². The van der Waals surface area contributed by atoms with Gasteiger partial charge in [-0.25, -0.2) is 4.99 Å². The third-order valence-corrected chi connectivity index (χ3v) is 3.97. The molecule has 0 bridgehead atoms. The number of ether oxygens (including phenoxy) is 2. The number of aliphatic imine (C=N–C) groups is 1. The minimum Gasteiger partial charge on any atom is -0.496 e. The molecule has 1 heterocycles. The molecule has 1 fully saturated rings. The Hall–Kier alpha value is -1.18. The van der Waals surface area contributed by atoms with Gasteiger partial charge in [-0.05, 0) is 38.8 Å². The summed E-state index contributed by atoms with van der Waals surface area (Å²) in [4.78, 5) is 4.68. The van der Waals surface area contributed by atoms with Gasteiger partial charge < -0.3 is 20.1 Å². The zero-order valence-corrected chi connectivity index (χ0v) is 16.3. The van der Waals surface area contributed by atoms with Gasteiger partial charge in [0.25, 0.3) is 0 Å². The molecule has 6 heteroatoms. The van der Waals surface area contributed by atoms with Gasteiger partial charge in [-0.3, -0.25) is 0 Å². The molecule has 2 aliphatic rings. The average Bonchev–Trinajstić information content (AvgIpc) is 3.23. The fraction of sp³-hybridized carbons (Fsp3) is 0.588. The molecule has 5 nitrogen and oxygen atoms in total. The lowest BCUT2D eigenvalue weighted by Crippen LogP contribution is -2.38. The molecule has 1 unspecified atom stereocenters. The predicted octanol–water partition coefficient (Wildman–Crippen LogP) is 2.85. The van der Waals surface area contributed by atoms with Crippen LogP contribution in [0.5, 0.6) is 11.5 Å². The number of nitrogens with one attached hydrogen (secondary N) is 2. The highest BCUT2D eigenvalue weighted by Crippen LogP contribution is 2.35. The number of halogens is 1. The molecule has 1 aliphatic carbocycles. The highest BCUT2D eigenvalue weighted by Gasteiger charge is 2.23. The van der Waals surface area contributed by atoms with E-state index in [4.69, 9.17) is 9.47 Å². The Balaban J connectivity index is 0.00000192. The Bertz CT molecular complexity index is 573. The summed E-state index contributed by atoms with van der Waals surface area (Å²) in [5.74, 6) is 2.74. The monoisotopic (exact) mass is 431 g/mol. The van der Waals surface area contributed by atoms with E-state index in [1.54, 1.807) is 7.11 Å². The quantitative estimate of drug-likeness (QED) is 0.428. The molecule has 1 aliphatic heterocycles. The first-order chi connectivity index (χ1) is 10.7. The van der Waals surface area contributed by atoms with E-state index in [9.17, 15) is 0 Å². The van der Waals surface area contributed by atoms with Gasteiger partial charge >= 0.3 is 0 Å². The molecule has 1 saturated carbocycles. The molecule has 0 amide bonds. The van der Waals surface area contributed by atoms with Gasteiger partial charge in [0.1, 0.15) is 17.6 Å². The van der Waals surface area contributed by atoms with Crippen LogP contribution in [0.15, 0.2) is 17.1 Å². The summed E-state index contributed by atoms with van der Waals surface area (Å²) in [6, 6.07) is 4.75. The molecule has 0 radical (unpaired) electrons. The maximum absolute atomic E-state index is 5.84. The van der Waals surface area contributed by atoms with E-state index in [-0.39, 0.29) is 30.1 Å². The third-order valence-electron chi connectivity index (χ3n) is 3.97. The summed E-state index contributed by atoms with van der Waals surface area (Å²) >= 11 is 0. The van der Waals surface area contributed by atoms with Crippen molar-refractivity contribution < 1.29 is 9.47 Å². The largest absolute Gasteiger partial charge is 0.496 e. The highest BCUT2D eigenvalue weighted by atomic mass is 127. The molecule has 0 spiro atoms. The van der Waals surface area contributed by atoms with Gasteiger partial charge in [-0.15, -0.1) is 24.0 Å². The van der Waals surface area contributed by atoms with Gasteiger partial charge in [-0.2, -0.15) is 0 Å². The maximum Gasteiger partial charge on any atom is 0.191 e. The lowest BCUT2D eigenvalue weighted by atomic mass is 10.1. The van der Waals surface area contributed by atoms with Crippen molar-refractivity contribution in [3.63, 3.8) is 0 Å². The van der Waals surface area contributed by atoms with E-state index in [1.807, 2.05) is 0 Å². The predicted molar refractivity (Wildman–Crippen MR) is 103 cm³/mol. The van der Waals surface area contributed by atoms with Crippen LogP contribution in [0.25, 0.3) is 0 Å². The van der Waals surface area contributed by atoms with Crippen molar-refractivity contribution in [3.8, 4) is 11.5 Å². The van der Waals surface area contributed by atoms with Crippen LogP contribution in [-0.4, -0.2) is 31.8 Å². The van der Waals surface area contributed by atoms with Crippen LogP contribution in [0, 0.1) is 0 Å². The molecular weight excluding hydrogens is 405 g/mol. The van der Waals surface area contributed by atoms with Gasteiger partial charge in [0, 0.05) is 30.1 Å². The zero-order chi connectivity index (χ0) is 15.5. The third kappa shape index (κ3) is 4.65. The first-order valence-electron chi connectivity index (χ1n) is 8.11. The number of fused-ring (bicyclic) bond motifs is 1. The second kappa shape index (κ2) is 8.08. The Morgan fingerprint density at radius 2 is 2.17 bits per heavy atom. The SMILES string of the molecule is CCNC(=NCc1cc2c(cc1OC)CC(C)O2)NC1CC1.I. The Kier molecular flexibility index (Phi) is 6.38. The summed E-state index contributed by atoms with van der Waals surface area (Å²) in [5, 5.41) is 6.71. The lowest BCUT2D eigenvalue weighted by Gasteiger charge is -2.12. The number of hydrogen-bond donors (Lipinski definition) is 2. The summed E-state index contributed by atoms with van der Waals surface area (Å²) < 4.78 is 11.4. The van der Waals surface area contributed by atoms with E-state index in [0.29, 0.717) is 12.6 Å². The van der Waals surface area contributed by atoms with Gasteiger partial charge in [-0.1, -0.05) is 0 Å². The highest BCUT2D eigenvalue weighted by molar-refractivity contribution is 14.0. The molecule has 1 aromatic carbocycles. The van der Waals surface area contributed by atoms with Gasteiger partial charge in [0.05, 0.1) is 13.7 Å². The van der Waals surface area contributed by atoms with E-state index < -0.39 is 0 Å². The van der Waals surface area contributed by atoms with Crippen molar-refractivity contribution in [3.05, 3.63) is 23.3 Å². The fourth-order valence-electron chi connectivity index (χ4n) is 2.70. The Morgan fingerprint density at radius 3 is 2.83 bits per heavy atom. The minimum absolute atomic E-state index is 0. The number of guanidine groups is 1. The van der Waals surface area contributed by atoms with Crippen molar-refractivity contribution in [1.82, 2.24) is 10.6 Å². The molecule has 128 valence electrons. The molecular formula is C17H26IN3O2. The Labute approximate surface area is 155 Å². The van der Waals surface area contributed by atoms with Crippen LogP contribution in [0.3, 0.4) is 0 Å². The molecule has 23 heavy (non-hydrogen) atoms. The normalized spacial score (nSPS) is 19.4. The Morgan fingerprint density at radius 1 is 1.39 bits per heavy atom. The van der Waals surface area contributed by atoms with Crippen LogP contribution < -0.4 is 20.1 Å². The van der Waals surface area contributed by atoms with E-state index >= 15 is 0 Å². The molecule has 0 saturated heterocycles. The summed E-state index contributed by atoms with van der Waals surface area (Å²) in [6.07, 6.45) is 3.66. The number of rotatable bonds is 5. The number of hydrogen-bond acceptors (Lipinski definition) is 3. The number of nitrogens with zero attached hydrogens (tertiary/aromatic N) is 1. The number of benzene rings is 1. The van der Waals surface area contributed by atoms with Crippen LogP contribution in [0.4, 0.5) is 0 Å². The summed E-state index contributed by atoms with van der Waals surface area (Å²) in [6.45, 7) is 5.61. The maximum atomic E-state index is 5.84. The van der Waals surface area contributed by atoms with Crippen molar-refractivity contribution in [1.29, 1.82) is 0 Å². The second-order valence-corrected chi connectivity index (χ2v) is 6.02. The lowest BCUT2D eigenvalue weighted by molar-refractivity contribution is 0.254. The molecule has 1 atom stereocenters. The van der Waals surface area contributed by atoms with Crippen molar-refractivity contribution in [2.45, 2.75) is 51.8 Å². The van der Waals surface area contributed by atoms with Crippen molar-refractivity contribution in [2.75, 3.05) is 13.7 Å². The average molecular weight is 431 g/mol. The fourth-order valence-corrected chi connectivity index (χ4v) is 2.70. The van der Waals surface area contributed by atoms with Gasteiger partial charge in [0.15, 0.2) is 5.96 Å². The smallest absolute Gasteiger partial charge is 0.191 e. The van der Waals surface area contributed by atoms with E-state index in [1.165, 1.54) is 18.4 Å². The van der Waals surface area contributed by atoms with Crippen LogP contribution in [0.1, 0.15) is 37.8 Å². The molecule has 0 aromatic heterocycles. The first-order valence-corrected chi connectivity index (χ1v) is 8.11. The van der Waals surface area contributed by atoms with Crippen LogP contribution >= 0.6 is 24.0 Å². The van der Waals surface area contributed by atoms with Crippen LogP contribution in [-0.2, 0) is 13.0 Å². The number of methoxy groups -OCH3 is 1. The second-order valence-electron chi connectivity index (χ2n) is 6.02. The minimum atomic E-state index is 0. The van der Waals surface area contributed by atoms with Gasteiger partial charge in [0.2, 0.25) is 0 Å². The first kappa shape index (κ1) is 18.2. The van der Waals surface area contributed by atoms with E-state index in [2.05, 4.69) is 41.6 Å². The molecule has 3 rings (SSSR count). The standard InChI is InChI=1S/C17H25N3O2.HI/c1-4-18-17(20-14-5-6-14)19-10-13-9-16-12(7-11(2)22-16)8-15(13)21-3;/h8-9,11,14H,4-7,10H2,1-3H3,(H2,18,19,20);1H. The van der Waals surface area contributed by atoms with Crippen LogP contribution in [0.2, 0.25) is 0 Å². The van der Waals surface area contributed by atoms with Crippen molar-refractivity contribution >= 4 is 29.9 Å². The molecule has 1 aromatic rings. The topological polar surface area (TPSA) is 54.9 Å². The summed E-state index contributed by atoms with van der Waals surface area (Å²) in [5.41, 5.74) is 2.28.